The maximum Gasteiger partial charge on any atom is 0.139 e. The smallest absolute Gasteiger partial charge is 0.139 e. The van der Waals surface area contributed by atoms with E-state index in [9.17, 15) is 10.2 Å². The number of halogens is 1. The molecular weight excluding hydrogens is 384 g/mol. The molecule has 0 amide bonds. The molecule has 0 aliphatic heterocycles. The van der Waals surface area contributed by atoms with Crippen LogP contribution < -0.4 is 0 Å². The third-order valence-electron chi connectivity index (χ3n) is 5.76. The van der Waals surface area contributed by atoms with Crippen molar-refractivity contribution in [3.8, 4) is 11.4 Å². The van der Waals surface area contributed by atoms with Crippen molar-refractivity contribution in [3.63, 3.8) is 0 Å². The molecule has 2 aromatic rings. The molecule has 1 aromatic heterocycles. The number of imidazole rings is 1. The van der Waals surface area contributed by atoms with Crippen LogP contribution in [-0.4, -0.2) is 31.5 Å². The fourth-order valence-electron chi connectivity index (χ4n) is 3.69. The van der Waals surface area contributed by atoms with Gasteiger partial charge in [0.05, 0.1) is 12.1 Å². The van der Waals surface area contributed by atoms with Crippen LogP contribution in [0.1, 0.15) is 66.2 Å². The summed E-state index contributed by atoms with van der Waals surface area (Å²) in [5.41, 5.74) is -0.194. The van der Waals surface area contributed by atoms with Crippen molar-refractivity contribution in [1.82, 2.24) is 9.55 Å². The maximum absolute atomic E-state index is 10.8. The highest BCUT2D eigenvalue weighted by Gasteiger charge is 2.30. The lowest BCUT2D eigenvalue weighted by Crippen LogP contribution is -2.42. The molecular formula is C24H37ClN2O2. The molecule has 162 valence electrons. The van der Waals surface area contributed by atoms with E-state index in [2.05, 4.69) is 25.8 Å². The predicted octanol–water partition coefficient (Wildman–Crippen LogP) is 5.95. The Morgan fingerprint density at radius 3 is 2.38 bits per heavy atom. The summed E-state index contributed by atoms with van der Waals surface area (Å²) in [7, 11) is 0. The Hall–Kier alpha value is -1.36. The Morgan fingerprint density at radius 2 is 1.72 bits per heavy atom. The van der Waals surface area contributed by atoms with Crippen molar-refractivity contribution >= 4 is 11.6 Å². The van der Waals surface area contributed by atoms with Crippen LogP contribution in [0, 0.1) is 11.8 Å². The van der Waals surface area contributed by atoms with E-state index < -0.39 is 11.7 Å². The van der Waals surface area contributed by atoms with Gasteiger partial charge in [0.2, 0.25) is 0 Å². The predicted molar refractivity (Wildman–Crippen MR) is 121 cm³/mol. The number of aromatic nitrogens is 2. The summed E-state index contributed by atoms with van der Waals surface area (Å²) in [5, 5.41) is 22.2. The third-order valence-corrected chi connectivity index (χ3v) is 6.02. The van der Waals surface area contributed by atoms with Crippen LogP contribution in [0.4, 0.5) is 0 Å². The van der Waals surface area contributed by atoms with Crippen LogP contribution in [0.3, 0.4) is 0 Å². The minimum absolute atomic E-state index is 0.300. The van der Waals surface area contributed by atoms with Gasteiger partial charge in [0.15, 0.2) is 0 Å². The van der Waals surface area contributed by atoms with Crippen LogP contribution in [-0.2, 0) is 6.54 Å². The van der Waals surface area contributed by atoms with E-state index >= 15 is 0 Å². The summed E-state index contributed by atoms with van der Waals surface area (Å²) in [4.78, 5) is 4.40. The molecule has 3 unspecified atom stereocenters. The Balaban J connectivity index is 1.86. The first-order chi connectivity index (χ1) is 13.7. The minimum atomic E-state index is -1.13. The molecule has 29 heavy (non-hydrogen) atoms. The molecule has 0 saturated carbocycles. The van der Waals surface area contributed by atoms with Gasteiger partial charge in [-0.25, -0.2) is 4.98 Å². The van der Waals surface area contributed by atoms with Gasteiger partial charge in [-0.2, -0.15) is 0 Å². The number of aliphatic hydroxyl groups excluding tert-OH is 1. The normalized spacial score (nSPS) is 16.0. The fourth-order valence-corrected chi connectivity index (χ4v) is 3.82. The first-order valence-electron chi connectivity index (χ1n) is 10.9. The molecule has 0 aliphatic rings. The molecule has 0 fully saturated rings. The monoisotopic (exact) mass is 420 g/mol. The van der Waals surface area contributed by atoms with E-state index in [1.807, 2.05) is 35.0 Å². The van der Waals surface area contributed by atoms with Gasteiger partial charge in [0.25, 0.3) is 0 Å². The summed E-state index contributed by atoms with van der Waals surface area (Å²) in [6, 6.07) is 7.47. The third kappa shape index (κ3) is 7.76. The molecule has 2 N–H and O–H groups in total. The summed E-state index contributed by atoms with van der Waals surface area (Å²) >= 11 is 5.97. The first kappa shape index (κ1) is 23.9. The lowest BCUT2D eigenvalue weighted by molar-refractivity contribution is -0.0750. The average Bonchev–Trinajstić information content (AvgIpc) is 3.10. The van der Waals surface area contributed by atoms with Gasteiger partial charge < -0.3 is 14.8 Å². The number of aliphatic hydroxyl groups is 2. The summed E-state index contributed by atoms with van der Waals surface area (Å²) in [5.74, 6) is 2.18. The summed E-state index contributed by atoms with van der Waals surface area (Å²) < 4.78 is 1.89. The molecule has 0 bridgehead atoms. The molecule has 0 saturated heterocycles. The number of nitrogens with zero attached hydrogens (tertiary/aromatic N) is 2. The van der Waals surface area contributed by atoms with E-state index in [4.69, 9.17) is 11.6 Å². The lowest BCUT2D eigenvalue weighted by Gasteiger charge is -2.30. The number of hydrogen-bond acceptors (Lipinski definition) is 3. The second kappa shape index (κ2) is 11.1. The summed E-state index contributed by atoms with van der Waals surface area (Å²) in [6.45, 7) is 8.86. The lowest BCUT2D eigenvalue weighted by atomic mass is 9.89. The standard InChI is InChI=1S/C24H37ClN2O2/c1-18(2)7-5-8-19(3)9-6-14-24(4,29)22(28)17-27-16-15-26-23(27)20-10-12-21(25)13-11-20/h10-13,15-16,18-19,22,28-29H,5-9,14,17H2,1-4H3. The fraction of sp³-hybridized carbons (Fsp3) is 0.625. The molecule has 1 heterocycles. The first-order valence-corrected chi connectivity index (χ1v) is 11.2. The van der Waals surface area contributed by atoms with Gasteiger partial charge in [-0.05, 0) is 49.4 Å². The van der Waals surface area contributed by atoms with Crippen molar-refractivity contribution in [3.05, 3.63) is 41.7 Å². The molecule has 2 rings (SSSR count). The summed E-state index contributed by atoms with van der Waals surface area (Å²) in [6.07, 6.45) is 9.07. The van der Waals surface area contributed by atoms with E-state index in [1.54, 1.807) is 13.1 Å². The van der Waals surface area contributed by atoms with E-state index in [0.29, 0.717) is 23.9 Å². The number of hydrogen-bond donors (Lipinski definition) is 2. The SMILES string of the molecule is CC(C)CCCC(C)CCCC(C)(O)C(O)Cn1ccnc1-c1ccc(Cl)cc1. The van der Waals surface area contributed by atoms with E-state index in [1.165, 1.54) is 19.3 Å². The van der Waals surface area contributed by atoms with Gasteiger partial charge in [-0.15, -0.1) is 0 Å². The zero-order valence-corrected chi connectivity index (χ0v) is 19.1. The van der Waals surface area contributed by atoms with Crippen LogP contribution in [0.15, 0.2) is 36.7 Å². The Morgan fingerprint density at radius 1 is 1.07 bits per heavy atom. The van der Waals surface area contributed by atoms with Gasteiger partial charge >= 0.3 is 0 Å². The van der Waals surface area contributed by atoms with Gasteiger partial charge in [-0.1, -0.05) is 64.5 Å². The minimum Gasteiger partial charge on any atom is -0.388 e. The van der Waals surface area contributed by atoms with Gasteiger partial charge in [0.1, 0.15) is 11.9 Å². The topological polar surface area (TPSA) is 58.3 Å². The number of benzene rings is 1. The quantitative estimate of drug-likeness (QED) is 0.446. The van der Waals surface area contributed by atoms with Crippen molar-refractivity contribution in [2.45, 2.75) is 84.5 Å². The van der Waals surface area contributed by atoms with Gasteiger partial charge in [-0.3, -0.25) is 0 Å². The van der Waals surface area contributed by atoms with E-state index in [0.717, 1.165) is 30.1 Å². The van der Waals surface area contributed by atoms with Crippen LogP contribution in [0.25, 0.3) is 11.4 Å². The Kier molecular flexibility index (Phi) is 9.19. The highest BCUT2D eigenvalue weighted by atomic mass is 35.5. The van der Waals surface area contributed by atoms with Crippen molar-refractivity contribution in [2.24, 2.45) is 11.8 Å². The maximum atomic E-state index is 10.8. The molecule has 4 nitrogen and oxygen atoms in total. The molecule has 5 heteroatoms. The highest BCUT2D eigenvalue weighted by Crippen LogP contribution is 2.25. The number of rotatable bonds is 12. The molecule has 1 aromatic carbocycles. The second-order valence-electron chi connectivity index (χ2n) is 9.11. The van der Waals surface area contributed by atoms with E-state index in [-0.39, 0.29) is 0 Å². The van der Waals surface area contributed by atoms with Crippen molar-refractivity contribution in [1.29, 1.82) is 0 Å². The van der Waals surface area contributed by atoms with Crippen molar-refractivity contribution < 1.29 is 10.2 Å². The van der Waals surface area contributed by atoms with Crippen LogP contribution in [0.5, 0.6) is 0 Å². The molecule has 0 radical (unpaired) electrons. The highest BCUT2D eigenvalue weighted by molar-refractivity contribution is 6.30. The molecule has 0 spiro atoms. The molecule has 3 atom stereocenters. The Labute approximate surface area is 180 Å². The van der Waals surface area contributed by atoms with Crippen LogP contribution in [0.2, 0.25) is 5.02 Å². The van der Waals surface area contributed by atoms with Crippen LogP contribution >= 0.6 is 11.6 Å². The Bertz CT molecular complexity index is 725. The largest absolute Gasteiger partial charge is 0.388 e. The molecule has 0 aliphatic carbocycles. The van der Waals surface area contributed by atoms with Crippen molar-refractivity contribution in [2.75, 3.05) is 0 Å². The second-order valence-corrected chi connectivity index (χ2v) is 9.54. The van der Waals surface area contributed by atoms with Gasteiger partial charge in [0, 0.05) is 23.0 Å². The zero-order chi connectivity index (χ0) is 21.4. The average molecular weight is 421 g/mol. The zero-order valence-electron chi connectivity index (χ0n) is 18.3.